The molecule has 0 aliphatic carbocycles. The molecule has 0 spiro atoms. The first-order chi connectivity index (χ1) is 4.68. The van der Waals surface area contributed by atoms with Crippen LogP contribution < -0.4 is 11.1 Å². The number of hydrogen-bond acceptors (Lipinski definition) is 2. The predicted octanol–water partition coefficient (Wildman–Crippen LogP) is 0.864. The Bertz CT molecular complexity index is 91.4. The van der Waals surface area contributed by atoms with E-state index in [1.54, 1.807) is 0 Å². The van der Waals surface area contributed by atoms with Gasteiger partial charge in [0.2, 0.25) is 0 Å². The van der Waals surface area contributed by atoms with E-state index in [9.17, 15) is 0 Å². The normalized spacial score (nSPS) is 42.9. The highest BCUT2D eigenvalue weighted by Crippen LogP contribution is 2.11. The van der Waals surface area contributed by atoms with Crippen LogP contribution >= 0.6 is 0 Å². The van der Waals surface area contributed by atoms with Crippen molar-refractivity contribution >= 4 is 0 Å². The quantitative estimate of drug-likeness (QED) is 0.526. The zero-order valence-electron chi connectivity index (χ0n) is 6.93. The Morgan fingerprint density at radius 1 is 1.20 bits per heavy atom. The molecule has 1 heterocycles. The fraction of sp³-hybridized carbons (Fsp3) is 1.00. The summed E-state index contributed by atoms with van der Waals surface area (Å²) in [6.07, 6.45) is 3.54. The molecular weight excluding hydrogens is 124 g/mol. The first kappa shape index (κ1) is 8.02. The van der Waals surface area contributed by atoms with Crippen LogP contribution in [0.4, 0.5) is 0 Å². The molecular formula is C8H18N2. The lowest BCUT2D eigenvalue weighted by atomic mass is 10.1. The average Bonchev–Trinajstić information content (AvgIpc) is 1.93. The molecule has 0 radical (unpaired) electrons. The lowest BCUT2D eigenvalue weighted by Gasteiger charge is -2.14. The second kappa shape index (κ2) is 3.35. The Balaban J connectivity index is 2.38. The molecule has 0 aromatic rings. The summed E-state index contributed by atoms with van der Waals surface area (Å²) in [5.74, 6) is 0. The van der Waals surface area contributed by atoms with Gasteiger partial charge in [-0.3, -0.25) is 0 Å². The van der Waals surface area contributed by atoms with Gasteiger partial charge in [0.25, 0.3) is 0 Å². The largest absolute Gasteiger partial charge is 0.328 e. The minimum Gasteiger partial charge on any atom is -0.328 e. The summed E-state index contributed by atoms with van der Waals surface area (Å²) in [6, 6.07) is 1.68. The summed E-state index contributed by atoms with van der Waals surface area (Å²) in [5, 5.41) is 3.49. The molecule has 0 aromatic carbocycles. The third kappa shape index (κ3) is 2.27. The first-order valence-electron chi connectivity index (χ1n) is 4.20. The maximum Gasteiger partial charge on any atom is 0.00559 e. The van der Waals surface area contributed by atoms with Gasteiger partial charge in [-0.25, -0.2) is 0 Å². The van der Waals surface area contributed by atoms with Crippen molar-refractivity contribution in [1.29, 1.82) is 0 Å². The number of nitrogens with one attached hydrogen (secondary N) is 1. The second-order valence-corrected chi connectivity index (χ2v) is 3.54. The van der Waals surface area contributed by atoms with Gasteiger partial charge in [-0.05, 0) is 33.1 Å². The van der Waals surface area contributed by atoms with Crippen LogP contribution in [0.25, 0.3) is 0 Å². The molecule has 1 fully saturated rings. The molecule has 0 bridgehead atoms. The Morgan fingerprint density at radius 3 is 2.60 bits per heavy atom. The Morgan fingerprint density at radius 2 is 1.90 bits per heavy atom. The van der Waals surface area contributed by atoms with Crippen LogP contribution in [0, 0.1) is 0 Å². The van der Waals surface area contributed by atoms with Crippen LogP contribution in [-0.4, -0.2) is 18.1 Å². The molecule has 3 atom stereocenters. The summed E-state index contributed by atoms with van der Waals surface area (Å²) in [4.78, 5) is 0. The van der Waals surface area contributed by atoms with Crippen molar-refractivity contribution in [3.63, 3.8) is 0 Å². The fourth-order valence-corrected chi connectivity index (χ4v) is 1.67. The van der Waals surface area contributed by atoms with E-state index in [1.807, 2.05) is 0 Å². The highest BCUT2D eigenvalue weighted by Gasteiger charge is 2.16. The number of rotatable bonds is 0. The standard InChI is InChI=1S/C8H18N2/c1-6-3-4-8(9)5-7(2)10-6/h6-8,10H,3-5,9H2,1-2H3. The van der Waals surface area contributed by atoms with Crippen LogP contribution in [0.1, 0.15) is 33.1 Å². The van der Waals surface area contributed by atoms with Crippen LogP contribution in [0.2, 0.25) is 0 Å². The van der Waals surface area contributed by atoms with Gasteiger partial charge in [0.15, 0.2) is 0 Å². The smallest absolute Gasteiger partial charge is 0.00559 e. The molecule has 1 aliphatic heterocycles. The monoisotopic (exact) mass is 142 g/mol. The molecule has 10 heavy (non-hydrogen) atoms. The van der Waals surface area contributed by atoms with E-state index in [0.29, 0.717) is 18.1 Å². The van der Waals surface area contributed by atoms with Gasteiger partial charge >= 0.3 is 0 Å². The maximum absolute atomic E-state index is 5.85. The van der Waals surface area contributed by atoms with Gasteiger partial charge < -0.3 is 11.1 Å². The lowest BCUT2D eigenvalue weighted by Crippen LogP contribution is -2.33. The third-order valence-corrected chi connectivity index (χ3v) is 2.20. The molecule has 3 N–H and O–H groups in total. The van der Waals surface area contributed by atoms with Crippen LogP contribution in [-0.2, 0) is 0 Å². The van der Waals surface area contributed by atoms with E-state index < -0.39 is 0 Å². The van der Waals surface area contributed by atoms with E-state index in [0.717, 1.165) is 6.42 Å². The van der Waals surface area contributed by atoms with E-state index in [4.69, 9.17) is 5.73 Å². The molecule has 2 heteroatoms. The molecule has 0 aromatic heterocycles. The van der Waals surface area contributed by atoms with Gasteiger partial charge in [-0.2, -0.15) is 0 Å². The van der Waals surface area contributed by atoms with Gasteiger partial charge in [0, 0.05) is 18.1 Å². The number of hydrogen-bond donors (Lipinski definition) is 2. The zero-order valence-corrected chi connectivity index (χ0v) is 6.93. The van der Waals surface area contributed by atoms with Crippen LogP contribution in [0.15, 0.2) is 0 Å². The Kier molecular flexibility index (Phi) is 2.69. The van der Waals surface area contributed by atoms with Crippen molar-refractivity contribution < 1.29 is 0 Å². The zero-order chi connectivity index (χ0) is 7.56. The van der Waals surface area contributed by atoms with Crippen molar-refractivity contribution in [2.24, 2.45) is 5.73 Å². The molecule has 1 saturated heterocycles. The molecule has 1 aliphatic rings. The van der Waals surface area contributed by atoms with Crippen molar-refractivity contribution in [1.82, 2.24) is 5.32 Å². The first-order valence-corrected chi connectivity index (χ1v) is 4.20. The Labute approximate surface area is 63.2 Å². The SMILES string of the molecule is CC1CCC(N)CC(C)N1. The van der Waals surface area contributed by atoms with E-state index in [2.05, 4.69) is 19.2 Å². The van der Waals surface area contributed by atoms with Crippen molar-refractivity contribution in [2.45, 2.75) is 51.2 Å². The van der Waals surface area contributed by atoms with Gasteiger partial charge in [-0.15, -0.1) is 0 Å². The summed E-state index contributed by atoms with van der Waals surface area (Å²) < 4.78 is 0. The summed E-state index contributed by atoms with van der Waals surface area (Å²) >= 11 is 0. The summed E-state index contributed by atoms with van der Waals surface area (Å²) in [5.41, 5.74) is 5.85. The summed E-state index contributed by atoms with van der Waals surface area (Å²) in [6.45, 7) is 4.44. The molecule has 60 valence electrons. The van der Waals surface area contributed by atoms with Crippen LogP contribution in [0.3, 0.4) is 0 Å². The number of nitrogens with two attached hydrogens (primary N) is 1. The van der Waals surface area contributed by atoms with Crippen molar-refractivity contribution in [3.8, 4) is 0 Å². The summed E-state index contributed by atoms with van der Waals surface area (Å²) in [7, 11) is 0. The van der Waals surface area contributed by atoms with E-state index in [1.165, 1.54) is 12.8 Å². The minimum atomic E-state index is 0.424. The molecule has 3 unspecified atom stereocenters. The van der Waals surface area contributed by atoms with Crippen molar-refractivity contribution in [2.75, 3.05) is 0 Å². The highest BCUT2D eigenvalue weighted by molar-refractivity contribution is 4.78. The van der Waals surface area contributed by atoms with Crippen LogP contribution in [0.5, 0.6) is 0 Å². The lowest BCUT2D eigenvalue weighted by molar-refractivity contribution is 0.469. The third-order valence-electron chi connectivity index (χ3n) is 2.20. The van der Waals surface area contributed by atoms with Crippen molar-refractivity contribution in [3.05, 3.63) is 0 Å². The van der Waals surface area contributed by atoms with E-state index in [-0.39, 0.29) is 0 Å². The minimum absolute atomic E-state index is 0.424. The predicted molar refractivity (Wildman–Crippen MR) is 43.9 cm³/mol. The van der Waals surface area contributed by atoms with E-state index >= 15 is 0 Å². The van der Waals surface area contributed by atoms with Gasteiger partial charge in [0.05, 0.1) is 0 Å². The highest BCUT2D eigenvalue weighted by atomic mass is 14.9. The second-order valence-electron chi connectivity index (χ2n) is 3.54. The molecule has 0 saturated carbocycles. The molecule has 0 amide bonds. The average molecular weight is 142 g/mol. The Hall–Kier alpha value is -0.0800. The van der Waals surface area contributed by atoms with Gasteiger partial charge in [0.1, 0.15) is 0 Å². The maximum atomic E-state index is 5.85. The molecule has 1 rings (SSSR count). The molecule has 2 nitrogen and oxygen atoms in total. The van der Waals surface area contributed by atoms with Gasteiger partial charge in [-0.1, -0.05) is 0 Å². The fourth-order valence-electron chi connectivity index (χ4n) is 1.67. The topological polar surface area (TPSA) is 38.0 Å².